The van der Waals surface area contributed by atoms with Gasteiger partial charge < -0.3 is 19.5 Å². The van der Waals surface area contributed by atoms with Gasteiger partial charge in [-0.15, -0.1) is 0 Å². The molecular formula is C28H32N2O7S. The molecule has 1 N–H and O–H groups in total. The summed E-state index contributed by atoms with van der Waals surface area (Å²) in [5.74, 6) is -0.396. The number of nitrogens with zero attached hydrogens (tertiary/aromatic N) is 1. The summed E-state index contributed by atoms with van der Waals surface area (Å²) >= 11 is 0. The Balaban J connectivity index is 1.88. The zero-order valence-corrected chi connectivity index (χ0v) is 22.7. The van der Waals surface area contributed by atoms with Gasteiger partial charge in [0, 0.05) is 11.8 Å². The largest absolute Gasteiger partial charge is 0.497 e. The van der Waals surface area contributed by atoms with Crippen LogP contribution >= 0.6 is 0 Å². The standard InChI is InChI=1S/C28H32N2O7S/c1-5-6-17-37-28(32)21-9-11-22(12-10-21)29-27(31)19-30(25-18-23(35-3)13-16-26(25)36-4)38(33,34)24-14-7-20(2)8-15-24/h7-16,18H,5-6,17,19H2,1-4H3,(H,29,31). The first-order valence-corrected chi connectivity index (χ1v) is 13.5. The zero-order valence-electron chi connectivity index (χ0n) is 21.9. The number of carbonyl (C=O) groups is 2. The van der Waals surface area contributed by atoms with Crippen LogP contribution in [0.3, 0.4) is 0 Å². The highest BCUT2D eigenvalue weighted by Gasteiger charge is 2.30. The zero-order chi connectivity index (χ0) is 27.7. The minimum absolute atomic E-state index is 0.0201. The molecule has 0 bridgehead atoms. The molecule has 0 aliphatic carbocycles. The molecule has 0 aliphatic heterocycles. The summed E-state index contributed by atoms with van der Waals surface area (Å²) in [5.41, 5.74) is 1.78. The van der Waals surface area contributed by atoms with Crippen LogP contribution in [0.2, 0.25) is 0 Å². The minimum Gasteiger partial charge on any atom is -0.497 e. The summed E-state index contributed by atoms with van der Waals surface area (Å²) in [7, 11) is -1.30. The summed E-state index contributed by atoms with van der Waals surface area (Å²) in [5, 5.41) is 2.69. The van der Waals surface area contributed by atoms with Gasteiger partial charge in [0.15, 0.2) is 0 Å². The molecular weight excluding hydrogens is 508 g/mol. The number of amides is 1. The first kappa shape index (κ1) is 28.5. The molecule has 0 saturated carbocycles. The van der Waals surface area contributed by atoms with Gasteiger partial charge in [-0.05, 0) is 61.9 Å². The number of sulfonamides is 1. The SMILES string of the molecule is CCCCOC(=O)c1ccc(NC(=O)CN(c2cc(OC)ccc2OC)S(=O)(=O)c2ccc(C)cc2)cc1. The van der Waals surface area contributed by atoms with Crippen LogP contribution in [0.15, 0.2) is 71.6 Å². The molecule has 3 aromatic rings. The van der Waals surface area contributed by atoms with E-state index in [1.807, 2.05) is 13.8 Å². The van der Waals surface area contributed by atoms with E-state index in [0.717, 1.165) is 22.7 Å². The molecule has 0 radical (unpaired) electrons. The Kier molecular flexibility index (Phi) is 9.72. The maximum absolute atomic E-state index is 13.7. The number of hydrogen-bond donors (Lipinski definition) is 1. The summed E-state index contributed by atoms with van der Waals surface area (Å²) < 4.78 is 44.3. The van der Waals surface area contributed by atoms with Crippen molar-refractivity contribution >= 4 is 33.3 Å². The van der Waals surface area contributed by atoms with Gasteiger partial charge in [-0.1, -0.05) is 31.0 Å². The first-order chi connectivity index (χ1) is 18.2. The van der Waals surface area contributed by atoms with Crippen LogP contribution in [0, 0.1) is 6.92 Å². The molecule has 0 atom stereocenters. The molecule has 10 heteroatoms. The maximum Gasteiger partial charge on any atom is 0.338 e. The predicted molar refractivity (Wildman–Crippen MR) is 146 cm³/mol. The Morgan fingerprint density at radius 1 is 0.921 bits per heavy atom. The van der Waals surface area contributed by atoms with Crippen LogP contribution < -0.4 is 19.1 Å². The fourth-order valence-corrected chi connectivity index (χ4v) is 4.97. The number of rotatable bonds is 12. The third kappa shape index (κ3) is 7.04. The molecule has 0 saturated heterocycles. The van der Waals surface area contributed by atoms with E-state index < -0.39 is 28.4 Å². The molecule has 0 fully saturated rings. The van der Waals surface area contributed by atoms with Crippen molar-refractivity contribution in [3.8, 4) is 11.5 Å². The maximum atomic E-state index is 13.7. The number of methoxy groups -OCH3 is 2. The van der Waals surface area contributed by atoms with Crippen molar-refractivity contribution < 1.29 is 32.2 Å². The second-order valence-electron chi connectivity index (χ2n) is 8.48. The lowest BCUT2D eigenvalue weighted by Crippen LogP contribution is -2.38. The predicted octanol–water partition coefficient (Wildman–Crippen LogP) is 4.80. The van der Waals surface area contributed by atoms with Gasteiger partial charge in [-0.2, -0.15) is 0 Å². The van der Waals surface area contributed by atoms with E-state index in [4.69, 9.17) is 14.2 Å². The van der Waals surface area contributed by atoms with Gasteiger partial charge in [0.1, 0.15) is 18.0 Å². The fraction of sp³-hybridized carbons (Fsp3) is 0.286. The van der Waals surface area contributed by atoms with Gasteiger partial charge in [0.05, 0.1) is 37.0 Å². The summed E-state index contributed by atoms with van der Waals surface area (Å²) in [6.07, 6.45) is 1.69. The number of carbonyl (C=O) groups excluding carboxylic acids is 2. The quantitative estimate of drug-likeness (QED) is 0.259. The average molecular weight is 541 g/mol. The highest BCUT2D eigenvalue weighted by molar-refractivity contribution is 7.92. The lowest BCUT2D eigenvalue weighted by Gasteiger charge is -2.26. The van der Waals surface area contributed by atoms with Crippen LogP contribution in [0.25, 0.3) is 0 Å². The number of nitrogens with one attached hydrogen (secondary N) is 1. The lowest BCUT2D eigenvalue weighted by atomic mass is 10.2. The van der Waals surface area contributed by atoms with E-state index in [9.17, 15) is 18.0 Å². The number of esters is 1. The molecule has 0 spiro atoms. The van der Waals surface area contributed by atoms with Gasteiger partial charge in [0.25, 0.3) is 10.0 Å². The van der Waals surface area contributed by atoms with Crippen LogP contribution in [-0.2, 0) is 19.6 Å². The number of unbranched alkanes of at least 4 members (excludes halogenated alkanes) is 1. The van der Waals surface area contributed by atoms with E-state index in [1.165, 1.54) is 44.6 Å². The molecule has 3 rings (SSSR count). The smallest absolute Gasteiger partial charge is 0.338 e. The fourth-order valence-electron chi connectivity index (χ4n) is 3.54. The normalized spacial score (nSPS) is 10.9. The number of benzene rings is 3. The molecule has 38 heavy (non-hydrogen) atoms. The van der Waals surface area contributed by atoms with E-state index in [-0.39, 0.29) is 16.3 Å². The molecule has 0 aromatic heterocycles. The van der Waals surface area contributed by atoms with Crippen molar-refractivity contribution in [2.45, 2.75) is 31.6 Å². The van der Waals surface area contributed by atoms with E-state index in [0.29, 0.717) is 23.6 Å². The van der Waals surface area contributed by atoms with Crippen LogP contribution in [0.4, 0.5) is 11.4 Å². The van der Waals surface area contributed by atoms with Crippen molar-refractivity contribution in [3.63, 3.8) is 0 Å². The Hall–Kier alpha value is -4.05. The summed E-state index contributed by atoms with van der Waals surface area (Å²) in [6.45, 7) is 3.65. The number of anilines is 2. The highest BCUT2D eigenvalue weighted by atomic mass is 32.2. The molecule has 0 aliphatic rings. The Morgan fingerprint density at radius 2 is 1.61 bits per heavy atom. The monoisotopic (exact) mass is 540 g/mol. The Morgan fingerprint density at radius 3 is 2.21 bits per heavy atom. The van der Waals surface area contributed by atoms with E-state index >= 15 is 0 Å². The third-order valence-electron chi connectivity index (χ3n) is 5.69. The van der Waals surface area contributed by atoms with Crippen molar-refractivity contribution in [1.82, 2.24) is 0 Å². The molecule has 1 amide bonds. The number of hydrogen-bond acceptors (Lipinski definition) is 7. The van der Waals surface area contributed by atoms with Crippen LogP contribution in [-0.4, -0.2) is 47.7 Å². The first-order valence-electron chi connectivity index (χ1n) is 12.1. The summed E-state index contributed by atoms with van der Waals surface area (Å²) in [6, 6.07) is 17.2. The molecule has 9 nitrogen and oxygen atoms in total. The van der Waals surface area contributed by atoms with Crippen molar-refractivity contribution in [3.05, 3.63) is 77.9 Å². The molecule has 202 valence electrons. The Bertz CT molecular complexity index is 1350. The number of ether oxygens (including phenoxy) is 3. The topological polar surface area (TPSA) is 111 Å². The molecule has 0 unspecified atom stereocenters. The van der Waals surface area contributed by atoms with Crippen LogP contribution in [0.1, 0.15) is 35.7 Å². The van der Waals surface area contributed by atoms with Gasteiger partial charge in [0.2, 0.25) is 5.91 Å². The minimum atomic E-state index is -4.17. The Labute approximate surface area is 223 Å². The van der Waals surface area contributed by atoms with Gasteiger partial charge in [-0.3, -0.25) is 9.10 Å². The van der Waals surface area contributed by atoms with Gasteiger partial charge >= 0.3 is 5.97 Å². The lowest BCUT2D eigenvalue weighted by molar-refractivity contribution is -0.114. The number of aryl methyl sites for hydroxylation is 1. The summed E-state index contributed by atoms with van der Waals surface area (Å²) in [4.78, 5) is 25.2. The second kappa shape index (κ2) is 13.0. The highest BCUT2D eigenvalue weighted by Crippen LogP contribution is 2.35. The molecule has 3 aromatic carbocycles. The van der Waals surface area contributed by atoms with Crippen molar-refractivity contribution in [2.75, 3.05) is 37.0 Å². The van der Waals surface area contributed by atoms with Crippen molar-refractivity contribution in [1.29, 1.82) is 0 Å². The third-order valence-corrected chi connectivity index (χ3v) is 7.46. The second-order valence-corrected chi connectivity index (χ2v) is 10.3. The average Bonchev–Trinajstić information content (AvgIpc) is 2.92. The van der Waals surface area contributed by atoms with Crippen LogP contribution in [0.5, 0.6) is 11.5 Å². The molecule has 0 heterocycles. The van der Waals surface area contributed by atoms with Crippen molar-refractivity contribution in [2.24, 2.45) is 0 Å². The van der Waals surface area contributed by atoms with Gasteiger partial charge in [-0.25, -0.2) is 13.2 Å². The van der Waals surface area contributed by atoms with E-state index in [2.05, 4.69) is 5.32 Å². The van der Waals surface area contributed by atoms with E-state index in [1.54, 1.807) is 36.4 Å².